The normalized spacial score (nSPS) is 9.54. The van der Waals surface area contributed by atoms with Crippen LogP contribution < -0.4 is 11.1 Å². The summed E-state index contributed by atoms with van der Waals surface area (Å²) in [6.45, 7) is 0. The van der Waals surface area contributed by atoms with Gasteiger partial charge in [0.2, 0.25) is 5.95 Å². The number of para-hydroxylation sites is 4. The number of aromatic nitrogens is 4. The monoisotopic (exact) mass is 356 g/mol. The van der Waals surface area contributed by atoms with Crippen molar-refractivity contribution in [3.63, 3.8) is 0 Å². The maximum absolute atomic E-state index is 10.3. The van der Waals surface area contributed by atoms with Gasteiger partial charge in [0, 0.05) is 0 Å². The summed E-state index contributed by atoms with van der Waals surface area (Å²) < 4.78 is 0. The molecule has 0 saturated carbocycles. The van der Waals surface area contributed by atoms with Crippen LogP contribution in [0.5, 0.6) is 0 Å². The van der Waals surface area contributed by atoms with Gasteiger partial charge >= 0.3 is 12.2 Å². The van der Waals surface area contributed by atoms with Crippen molar-refractivity contribution in [3.8, 4) is 0 Å². The number of carboxylic acid groups (broad SMARTS) is 2. The van der Waals surface area contributed by atoms with Crippen LogP contribution in [0.15, 0.2) is 54.9 Å². The van der Waals surface area contributed by atoms with Crippen LogP contribution in [0, 0.1) is 0 Å². The number of carbonyl (C=O) groups is 2. The Kier molecular flexibility index (Phi) is 6.10. The summed E-state index contributed by atoms with van der Waals surface area (Å²) in [4.78, 5) is 33.0. The molecule has 2 aromatic carbocycles. The molecule has 2 heterocycles. The molecule has 0 saturated heterocycles. The van der Waals surface area contributed by atoms with E-state index >= 15 is 0 Å². The molecule has 0 aliphatic heterocycles. The number of benzene rings is 2. The topological polar surface area (TPSA) is 170 Å². The van der Waals surface area contributed by atoms with Gasteiger partial charge in [0.25, 0.3) is 0 Å². The molecule has 10 nitrogen and oxygen atoms in total. The van der Waals surface area contributed by atoms with Gasteiger partial charge in [-0.15, -0.1) is 0 Å². The summed E-state index contributed by atoms with van der Waals surface area (Å²) in [5.74, 6) is 0.244. The molecule has 0 atom stereocenters. The quantitative estimate of drug-likeness (QED) is 0.306. The largest absolute Gasteiger partial charge is 0.465 e. The van der Waals surface area contributed by atoms with Gasteiger partial charge in [-0.3, -0.25) is 5.32 Å². The van der Waals surface area contributed by atoms with Crippen LogP contribution in [0.3, 0.4) is 0 Å². The highest BCUT2D eigenvalue weighted by molar-refractivity contribution is 5.84. The molecule has 0 aliphatic carbocycles. The minimum absolute atomic E-state index is 0.244. The fourth-order valence-electron chi connectivity index (χ4n) is 1.99. The number of primary amides is 1. The molecule has 0 unspecified atom stereocenters. The summed E-state index contributed by atoms with van der Waals surface area (Å²) in [6, 6.07) is 15.3. The number of aromatic amines is 2. The van der Waals surface area contributed by atoms with E-state index in [9.17, 15) is 4.79 Å². The van der Waals surface area contributed by atoms with Crippen molar-refractivity contribution in [3.05, 3.63) is 54.9 Å². The minimum atomic E-state index is -1.33. The van der Waals surface area contributed by atoms with Crippen molar-refractivity contribution in [2.75, 3.05) is 5.32 Å². The number of imidazole rings is 2. The van der Waals surface area contributed by atoms with Gasteiger partial charge in [0.15, 0.2) is 0 Å². The number of nitrogens with one attached hydrogen (secondary N) is 3. The highest BCUT2D eigenvalue weighted by Gasteiger charge is 2.03. The maximum Gasteiger partial charge on any atom is 0.411 e. The van der Waals surface area contributed by atoms with Gasteiger partial charge in [-0.25, -0.2) is 19.6 Å². The summed E-state index contributed by atoms with van der Waals surface area (Å²) in [5, 5.41) is 17.8. The van der Waals surface area contributed by atoms with E-state index in [1.54, 1.807) is 12.4 Å². The Bertz CT molecular complexity index is 943. The highest BCUT2D eigenvalue weighted by atomic mass is 16.4. The molecule has 0 radical (unpaired) electrons. The summed E-state index contributed by atoms with van der Waals surface area (Å²) in [7, 11) is 0. The lowest BCUT2D eigenvalue weighted by molar-refractivity contribution is 0.205. The smallest absolute Gasteiger partial charge is 0.411 e. The minimum Gasteiger partial charge on any atom is -0.465 e. The third-order valence-corrected chi connectivity index (χ3v) is 2.94. The average molecular weight is 356 g/mol. The maximum atomic E-state index is 10.3. The Hall–Kier alpha value is -4.08. The zero-order chi connectivity index (χ0) is 18.9. The van der Waals surface area contributed by atoms with E-state index < -0.39 is 12.2 Å². The third kappa shape index (κ3) is 5.53. The van der Waals surface area contributed by atoms with Crippen LogP contribution in [-0.4, -0.2) is 42.3 Å². The lowest BCUT2D eigenvalue weighted by Crippen LogP contribution is -2.08. The van der Waals surface area contributed by atoms with Crippen LogP contribution in [0.4, 0.5) is 15.5 Å². The van der Waals surface area contributed by atoms with Crippen LogP contribution >= 0.6 is 0 Å². The fraction of sp³-hybridized carbons (Fsp3) is 0. The molecular formula is C16H16N6O4. The fourth-order valence-corrected chi connectivity index (χ4v) is 1.99. The van der Waals surface area contributed by atoms with Crippen LogP contribution in [0.25, 0.3) is 22.1 Å². The summed E-state index contributed by atoms with van der Waals surface area (Å²) in [5.41, 5.74) is 7.70. The first-order valence-corrected chi connectivity index (χ1v) is 7.27. The third-order valence-electron chi connectivity index (χ3n) is 2.94. The zero-order valence-corrected chi connectivity index (χ0v) is 13.4. The van der Waals surface area contributed by atoms with Gasteiger partial charge in [-0.1, -0.05) is 24.3 Å². The van der Waals surface area contributed by atoms with Crippen molar-refractivity contribution < 1.29 is 19.8 Å². The van der Waals surface area contributed by atoms with E-state index in [4.69, 9.17) is 15.0 Å². The van der Waals surface area contributed by atoms with E-state index in [1.165, 1.54) is 0 Å². The van der Waals surface area contributed by atoms with Crippen molar-refractivity contribution in [1.82, 2.24) is 19.9 Å². The zero-order valence-electron chi connectivity index (χ0n) is 13.4. The van der Waals surface area contributed by atoms with Gasteiger partial charge in [0.1, 0.15) is 0 Å². The number of hydrogen-bond donors (Lipinski definition) is 6. The predicted octanol–water partition coefficient (Wildman–Crippen LogP) is 2.84. The van der Waals surface area contributed by atoms with Gasteiger partial charge in [-0.05, 0) is 24.3 Å². The molecule has 2 amide bonds. The second-order valence-corrected chi connectivity index (χ2v) is 4.79. The first kappa shape index (κ1) is 18.3. The molecular weight excluding hydrogens is 340 g/mol. The molecule has 0 bridgehead atoms. The number of hydrogen-bond acceptors (Lipinski definition) is 4. The second kappa shape index (κ2) is 8.68. The van der Waals surface area contributed by atoms with Crippen molar-refractivity contribution >= 4 is 40.2 Å². The number of nitrogens with two attached hydrogens (primary N) is 1. The molecule has 10 heteroatoms. The summed E-state index contributed by atoms with van der Waals surface area (Å²) in [6.07, 6.45) is -0.760. The van der Waals surface area contributed by atoms with Crippen LogP contribution in [0.1, 0.15) is 0 Å². The SMILES string of the molecule is NC(=O)O.O=C(O)Nc1nc2ccccc2[nH]1.c1ccc2[nH]cnc2c1. The molecule has 4 rings (SSSR count). The van der Waals surface area contributed by atoms with Gasteiger partial charge < -0.3 is 25.9 Å². The standard InChI is InChI=1S/C8H7N3O2.C7H6N2.CH3NO2/c12-8(13)11-7-9-5-3-1-2-4-6(5)10-7;1-2-4-7-6(3-1)8-5-9-7;2-1(3)4/h1-4H,(H,12,13)(H2,9,10,11);1-5H,(H,8,9);2H2,(H,3,4). The second-order valence-electron chi connectivity index (χ2n) is 4.79. The number of rotatable bonds is 1. The summed E-state index contributed by atoms with van der Waals surface area (Å²) >= 11 is 0. The van der Waals surface area contributed by atoms with Crippen molar-refractivity contribution in [2.24, 2.45) is 5.73 Å². The molecule has 0 aliphatic rings. The van der Waals surface area contributed by atoms with Crippen LogP contribution in [-0.2, 0) is 0 Å². The molecule has 0 fully saturated rings. The van der Waals surface area contributed by atoms with E-state index in [2.05, 4.69) is 31.0 Å². The number of fused-ring (bicyclic) bond motifs is 2. The van der Waals surface area contributed by atoms with Crippen molar-refractivity contribution in [1.29, 1.82) is 0 Å². The number of nitrogens with zero attached hydrogens (tertiary/aromatic N) is 2. The Balaban J connectivity index is 0.000000162. The first-order chi connectivity index (χ1) is 12.5. The molecule has 7 N–H and O–H groups in total. The first-order valence-electron chi connectivity index (χ1n) is 7.27. The molecule has 0 spiro atoms. The number of anilines is 1. The Labute approximate surface area is 146 Å². The van der Waals surface area contributed by atoms with E-state index in [-0.39, 0.29) is 5.95 Å². The Morgan fingerprint density at radius 1 is 0.962 bits per heavy atom. The van der Waals surface area contributed by atoms with E-state index in [1.807, 2.05) is 42.5 Å². The molecule has 134 valence electrons. The highest BCUT2D eigenvalue weighted by Crippen LogP contribution is 2.12. The van der Waals surface area contributed by atoms with Crippen molar-refractivity contribution in [2.45, 2.75) is 0 Å². The van der Waals surface area contributed by atoms with Gasteiger partial charge in [0.05, 0.1) is 28.4 Å². The average Bonchev–Trinajstić information content (AvgIpc) is 3.20. The lowest BCUT2D eigenvalue weighted by atomic mass is 10.3. The van der Waals surface area contributed by atoms with Gasteiger partial charge in [-0.2, -0.15) is 0 Å². The van der Waals surface area contributed by atoms with E-state index in [0.717, 1.165) is 22.1 Å². The molecule has 2 aromatic heterocycles. The van der Waals surface area contributed by atoms with Crippen LogP contribution in [0.2, 0.25) is 0 Å². The lowest BCUT2D eigenvalue weighted by Gasteiger charge is -1.90. The van der Waals surface area contributed by atoms with E-state index in [0.29, 0.717) is 0 Å². The number of amides is 2. The predicted molar refractivity (Wildman–Crippen MR) is 96.0 cm³/mol. The molecule has 4 aromatic rings. The molecule has 26 heavy (non-hydrogen) atoms. The Morgan fingerprint density at radius 3 is 2.12 bits per heavy atom. The number of H-pyrrole nitrogens is 2. The Morgan fingerprint density at radius 2 is 1.54 bits per heavy atom.